The molecule has 2 aromatic rings. The lowest BCUT2D eigenvalue weighted by Gasteiger charge is -2.20. The molecule has 0 saturated carbocycles. The van der Waals surface area contributed by atoms with Gasteiger partial charge < -0.3 is 14.4 Å². The van der Waals surface area contributed by atoms with Crippen LogP contribution < -0.4 is 14.8 Å². The van der Waals surface area contributed by atoms with Crippen molar-refractivity contribution in [2.24, 2.45) is 0 Å². The molecule has 0 aliphatic carbocycles. The van der Waals surface area contributed by atoms with E-state index in [4.69, 9.17) is 9.47 Å². The Balaban J connectivity index is 1.93. The van der Waals surface area contributed by atoms with Crippen molar-refractivity contribution in [1.82, 2.24) is 24.7 Å². The molecule has 1 aliphatic heterocycles. The SMILES string of the molecule is CCCCn1cc(S(=O)(=O)N[C@@H](Cc2ccc(OC(=O)N(C)C)c(C(=O)[C@H]3NC(C)CS3)c2)C(=O)OC(C)C)cn1. The van der Waals surface area contributed by atoms with Crippen molar-refractivity contribution >= 4 is 39.6 Å². The Kier molecular flexibility index (Phi) is 11.4. The average Bonchev–Trinajstić information content (AvgIpc) is 3.56. The molecule has 0 bridgehead atoms. The molecule has 41 heavy (non-hydrogen) atoms. The lowest BCUT2D eigenvalue weighted by atomic mass is 10.0. The van der Waals surface area contributed by atoms with E-state index in [0.717, 1.165) is 18.6 Å². The molecule has 226 valence electrons. The fourth-order valence-electron chi connectivity index (χ4n) is 3.96. The van der Waals surface area contributed by atoms with Gasteiger partial charge in [0.1, 0.15) is 22.1 Å². The summed E-state index contributed by atoms with van der Waals surface area (Å²) in [6, 6.07) is 3.42. The summed E-state index contributed by atoms with van der Waals surface area (Å²) < 4.78 is 41.3. The van der Waals surface area contributed by atoms with E-state index < -0.39 is 39.6 Å². The molecule has 1 unspecified atom stereocenters. The Labute approximate surface area is 245 Å². The van der Waals surface area contributed by atoms with Gasteiger partial charge in [-0.25, -0.2) is 13.2 Å². The number of Topliss-reactive ketones (excluding diaryl/α,β-unsaturated/α-hetero) is 1. The maximum atomic E-state index is 13.5. The molecule has 1 aromatic carbocycles. The number of amides is 1. The van der Waals surface area contributed by atoms with Crippen LogP contribution in [0.4, 0.5) is 4.79 Å². The van der Waals surface area contributed by atoms with Crippen LogP contribution in [0.2, 0.25) is 0 Å². The first-order valence-electron chi connectivity index (χ1n) is 13.5. The monoisotopic (exact) mass is 609 g/mol. The van der Waals surface area contributed by atoms with E-state index in [9.17, 15) is 22.8 Å². The first-order valence-corrected chi connectivity index (χ1v) is 16.0. The van der Waals surface area contributed by atoms with E-state index in [0.29, 0.717) is 12.1 Å². The van der Waals surface area contributed by atoms with E-state index in [1.807, 2.05) is 13.8 Å². The highest BCUT2D eigenvalue weighted by Crippen LogP contribution is 2.29. The summed E-state index contributed by atoms with van der Waals surface area (Å²) in [6.45, 7) is 7.89. The Morgan fingerprint density at radius 2 is 2.00 bits per heavy atom. The molecule has 1 fully saturated rings. The number of carbonyl (C=O) groups excluding carboxylic acids is 3. The quantitative estimate of drug-likeness (QED) is 0.256. The van der Waals surface area contributed by atoms with Crippen LogP contribution in [-0.4, -0.2) is 84.4 Å². The fraction of sp³-hybridized carbons (Fsp3) is 0.556. The number of thioether (sulfide) groups is 1. The highest BCUT2D eigenvalue weighted by atomic mass is 32.2. The van der Waals surface area contributed by atoms with E-state index >= 15 is 0 Å². The second-order valence-electron chi connectivity index (χ2n) is 10.4. The summed E-state index contributed by atoms with van der Waals surface area (Å²) in [5.74, 6) is -0.243. The Morgan fingerprint density at radius 1 is 1.27 bits per heavy atom. The zero-order valence-corrected chi connectivity index (χ0v) is 25.9. The summed E-state index contributed by atoms with van der Waals surface area (Å²) in [7, 11) is -1.08. The number of aromatic nitrogens is 2. The van der Waals surface area contributed by atoms with Gasteiger partial charge in [-0.15, -0.1) is 11.8 Å². The Bertz CT molecular complexity index is 1340. The molecular weight excluding hydrogens is 570 g/mol. The van der Waals surface area contributed by atoms with Gasteiger partial charge in [-0.1, -0.05) is 19.4 Å². The van der Waals surface area contributed by atoms with Crippen LogP contribution in [-0.2, 0) is 32.5 Å². The number of unbranched alkanes of at least 4 members (excludes halogenated alkanes) is 1. The maximum Gasteiger partial charge on any atom is 0.414 e. The lowest BCUT2D eigenvalue weighted by Crippen LogP contribution is -2.44. The van der Waals surface area contributed by atoms with Crippen molar-refractivity contribution in [3.05, 3.63) is 41.7 Å². The number of ketones is 1. The van der Waals surface area contributed by atoms with Gasteiger partial charge in [0, 0.05) is 38.6 Å². The number of esters is 1. The van der Waals surface area contributed by atoms with Crippen molar-refractivity contribution in [1.29, 1.82) is 0 Å². The van der Waals surface area contributed by atoms with Crippen LogP contribution in [0.15, 0.2) is 35.5 Å². The third-order valence-electron chi connectivity index (χ3n) is 6.09. The highest BCUT2D eigenvalue weighted by molar-refractivity contribution is 8.00. The zero-order valence-electron chi connectivity index (χ0n) is 24.2. The third kappa shape index (κ3) is 9.02. The van der Waals surface area contributed by atoms with Crippen molar-refractivity contribution in [2.75, 3.05) is 19.8 Å². The van der Waals surface area contributed by atoms with Crippen LogP contribution in [0.1, 0.15) is 56.5 Å². The predicted octanol–water partition coefficient (Wildman–Crippen LogP) is 2.82. The fourth-order valence-corrected chi connectivity index (χ4v) is 6.28. The first-order chi connectivity index (χ1) is 19.3. The number of aryl methyl sites for hydroxylation is 1. The number of hydrogen-bond donors (Lipinski definition) is 2. The third-order valence-corrected chi connectivity index (χ3v) is 8.90. The molecule has 1 aliphatic rings. The van der Waals surface area contributed by atoms with Crippen LogP contribution in [0.3, 0.4) is 0 Å². The van der Waals surface area contributed by atoms with Crippen molar-refractivity contribution in [3.8, 4) is 5.75 Å². The van der Waals surface area contributed by atoms with Gasteiger partial charge in [-0.05, 0) is 51.3 Å². The molecule has 2 heterocycles. The number of nitrogens with zero attached hydrogens (tertiary/aromatic N) is 3. The topological polar surface area (TPSA) is 149 Å². The number of rotatable bonds is 13. The van der Waals surface area contributed by atoms with Crippen LogP contribution in [0.5, 0.6) is 5.75 Å². The zero-order chi connectivity index (χ0) is 30.3. The van der Waals surface area contributed by atoms with Gasteiger partial charge in [0.15, 0.2) is 5.78 Å². The Hall–Kier alpha value is -2.94. The molecule has 14 heteroatoms. The summed E-state index contributed by atoms with van der Waals surface area (Å²) in [5, 5.41) is 6.78. The molecule has 3 atom stereocenters. The van der Waals surface area contributed by atoms with Gasteiger partial charge in [-0.3, -0.25) is 19.6 Å². The van der Waals surface area contributed by atoms with Gasteiger partial charge in [-0.2, -0.15) is 9.82 Å². The van der Waals surface area contributed by atoms with Crippen molar-refractivity contribution < 1.29 is 32.3 Å². The van der Waals surface area contributed by atoms with Crippen molar-refractivity contribution in [2.45, 2.75) is 82.0 Å². The number of benzene rings is 1. The smallest absolute Gasteiger partial charge is 0.414 e. The molecule has 0 radical (unpaired) electrons. The maximum absolute atomic E-state index is 13.5. The minimum atomic E-state index is -4.13. The summed E-state index contributed by atoms with van der Waals surface area (Å²) in [5.41, 5.74) is 0.619. The highest BCUT2D eigenvalue weighted by Gasteiger charge is 2.32. The molecular formula is C27H39N5O7S2. The summed E-state index contributed by atoms with van der Waals surface area (Å²) in [4.78, 5) is 40.0. The van der Waals surface area contributed by atoms with Crippen LogP contribution in [0, 0.1) is 0 Å². The van der Waals surface area contributed by atoms with Gasteiger partial charge in [0.2, 0.25) is 10.0 Å². The molecule has 12 nitrogen and oxygen atoms in total. The van der Waals surface area contributed by atoms with Crippen LogP contribution in [0.25, 0.3) is 0 Å². The molecule has 1 amide bonds. The average molecular weight is 610 g/mol. The molecule has 0 spiro atoms. The normalized spacial score (nSPS) is 17.8. The number of ether oxygens (including phenoxy) is 2. The number of sulfonamides is 1. The number of carbonyl (C=O) groups is 3. The van der Waals surface area contributed by atoms with E-state index in [2.05, 4.69) is 15.1 Å². The molecule has 1 aromatic heterocycles. The first kappa shape index (κ1) is 32.6. The largest absolute Gasteiger partial charge is 0.462 e. The van der Waals surface area contributed by atoms with Crippen molar-refractivity contribution in [3.63, 3.8) is 0 Å². The van der Waals surface area contributed by atoms with E-state index in [-0.39, 0.29) is 34.5 Å². The minimum absolute atomic E-state index is 0.0702. The second kappa shape index (κ2) is 14.3. The minimum Gasteiger partial charge on any atom is -0.462 e. The molecule has 2 N–H and O–H groups in total. The van der Waals surface area contributed by atoms with Gasteiger partial charge >= 0.3 is 12.1 Å². The van der Waals surface area contributed by atoms with Gasteiger partial charge in [0.05, 0.1) is 17.9 Å². The summed E-state index contributed by atoms with van der Waals surface area (Å²) in [6.07, 6.45) is 3.17. The summed E-state index contributed by atoms with van der Waals surface area (Å²) >= 11 is 1.45. The standard InChI is InChI=1S/C27H39N5O7S2/c1-7-8-11-32-15-20(14-28-32)41(36,37)30-22(26(34)38-17(2)3)13-19-9-10-23(39-27(35)31(5)6)21(12-19)24(33)25-29-18(4)16-40-25/h9-10,12,14-15,17-18,22,25,29-30H,7-8,11,13,16H2,1-6H3/t18?,22-,25-/m0/s1. The number of hydrogen-bond acceptors (Lipinski definition) is 10. The molecule has 3 rings (SSSR count). The van der Waals surface area contributed by atoms with E-state index in [1.54, 1.807) is 24.6 Å². The molecule has 1 saturated heterocycles. The second-order valence-corrected chi connectivity index (χ2v) is 13.2. The Morgan fingerprint density at radius 3 is 2.61 bits per heavy atom. The van der Waals surface area contributed by atoms with E-state index in [1.165, 1.54) is 55.3 Å². The lowest BCUT2D eigenvalue weighted by molar-refractivity contribution is -0.149. The number of nitrogens with one attached hydrogen (secondary N) is 2. The predicted molar refractivity (Wildman–Crippen MR) is 156 cm³/mol. The van der Waals surface area contributed by atoms with Gasteiger partial charge in [0.25, 0.3) is 0 Å². The van der Waals surface area contributed by atoms with Crippen LogP contribution >= 0.6 is 11.8 Å².